The summed E-state index contributed by atoms with van der Waals surface area (Å²) in [5, 5.41) is 1.01. The molecular formula is C24H35NO7Si. The highest BCUT2D eigenvalue weighted by molar-refractivity contribution is 6.74. The molecule has 0 bridgehead atoms. The molecule has 8 nitrogen and oxygen atoms in total. The molecule has 3 heterocycles. The zero-order valence-corrected chi connectivity index (χ0v) is 21.6. The van der Waals surface area contributed by atoms with Crippen LogP contribution >= 0.6 is 0 Å². The predicted octanol–water partition coefficient (Wildman–Crippen LogP) is 3.55. The van der Waals surface area contributed by atoms with Crippen LogP contribution in [0.15, 0.2) is 12.1 Å². The fourth-order valence-corrected chi connectivity index (χ4v) is 6.50. The van der Waals surface area contributed by atoms with Gasteiger partial charge in [-0.3, -0.25) is 4.79 Å². The van der Waals surface area contributed by atoms with E-state index in [9.17, 15) is 4.79 Å². The van der Waals surface area contributed by atoms with Crippen LogP contribution in [0.4, 0.5) is 0 Å². The molecule has 1 saturated carbocycles. The maximum atomic E-state index is 13.3. The molecule has 9 heteroatoms. The summed E-state index contributed by atoms with van der Waals surface area (Å²) < 4.78 is 45.8. The van der Waals surface area contributed by atoms with Crippen molar-refractivity contribution >= 4 is 14.2 Å². The molecule has 0 unspecified atom stereocenters. The number of carbonyl (C=O) groups excluding carboxylic acids is 1. The van der Waals surface area contributed by atoms with E-state index in [0.717, 1.165) is 10.9 Å². The molecule has 0 aromatic heterocycles. The Labute approximate surface area is 197 Å². The number of benzene rings is 1. The van der Waals surface area contributed by atoms with Crippen LogP contribution in [0.2, 0.25) is 19.5 Å². The van der Waals surface area contributed by atoms with Crippen molar-refractivity contribution in [1.29, 1.82) is 0 Å². The van der Waals surface area contributed by atoms with Crippen molar-refractivity contribution in [3.8, 4) is 11.5 Å². The van der Waals surface area contributed by atoms with E-state index in [1.165, 1.54) is 0 Å². The molecule has 1 aliphatic carbocycles. The summed E-state index contributed by atoms with van der Waals surface area (Å²) in [5.41, 5.74) is 1.19. The van der Waals surface area contributed by atoms with Gasteiger partial charge in [-0.25, -0.2) is 0 Å². The fourth-order valence-electron chi connectivity index (χ4n) is 5.20. The third-order valence-electron chi connectivity index (χ3n) is 7.78. The number of amides is 1. The Balaban J connectivity index is 1.66. The first-order valence-electron chi connectivity index (χ1n) is 12.0. The number of hydrogen-bond acceptors (Lipinski definition) is 7. The van der Waals surface area contributed by atoms with Crippen molar-refractivity contribution in [2.75, 3.05) is 13.9 Å². The molecule has 1 aromatic carbocycles. The van der Waals surface area contributed by atoms with Gasteiger partial charge in [0.2, 0.25) is 6.79 Å². The standard InChI is InChI=1S/C24H35NO7Si/c1-23(2,3)33(7,8)32-21-18(27-6)16-12-9-14-15(29-11-28-14)10-13(12)22(26)25-17(16)19-20(21)31-24(4,5)30-19/h9-10,16-21H,11H2,1-8H3,(H,25,26)/t16-,17-,18-,19+,20+,21+/m1/s1/i/hT. The van der Waals surface area contributed by atoms with Gasteiger partial charge in [-0.2, -0.15) is 0 Å². The lowest BCUT2D eigenvalue weighted by molar-refractivity contribution is -0.159. The van der Waals surface area contributed by atoms with Crippen molar-refractivity contribution in [3.63, 3.8) is 0 Å². The minimum atomic E-state index is -2.24. The van der Waals surface area contributed by atoms with Crippen LogP contribution in [0.3, 0.4) is 0 Å². The number of nitrogens with one attached hydrogen (secondary N) is 1. The smallest absolute Gasteiger partial charge is 0.252 e. The van der Waals surface area contributed by atoms with Gasteiger partial charge in [0.1, 0.15) is 18.3 Å². The van der Waals surface area contributed by atoms with Gasteiger partial charge in [0.15, 0.2) is 27.0 Å². The van der Waals surface area contributed by atoms with Crippen LogP contribution in [0.25, 0.3) is 0 Å². The first-order chi connectivity index (χ1) is 15.8. The van der Waals surface area contributed by atoms with Gasteiger partial charge in [0.25, 0.3) is 5.91 Å². The van der Waals surface area contributed by atoms with Crippen molar-refractivity contribution in [1.82, 2.24) is 5.31 Å². The largest absolute Gasteiger partial charge is 0.454 e. The molecule has 2 fully saturated rings. The topological polar surface area (TPSA) is 84.5 Å². The highest BCUT2D eigenvalue weighted by Gasteiger charge is 2.62. The second-order valence-electron chi connectivity index (χ2n) is 11.4. The highest BCUT2D eigenvalue weighted by Crippen LogP contribution is 2.51. The molecule has 5 rings (SSSR count). The van der Waals surface area contributed by atoms with Gasteiger partial charge < -0.3 is 33.4 Å². The van der Waals surface area contributed by atoms with E-state index in [2.05, 4.69) is 33.9 Å². The van der Waals surface area contributed by atoms with Gasteiger partial charge in [0, 0.05) is 18.6 Å². The first kappa shape index (κ1) is 21.9. The molecule has 0 spiro atoms. The minimum Gasteiger partial charge on any atom is -0.454 e. The van der Waals surface area contributed by atoms with Crippen molar-refractivity contribution in [3.05, 3.63) is 23.3 Å². The number of fused-ring (bicyclic) bond motifs is 6. The van der Waals surface area contributed by atoms with Crippen LogP contribution < -0.4 is 14.8 Å². The number of carbonyl (C=O) groups is 1. The molecular weight excluding hydrogens is 442 g/mol. The monoisotopic (exact) mass is 479 g/mol. The normalized spacial score (nSPS) is 35.1. The lowest BCUT2D eigenvalue weighted by Crippen LogP contribution is -2.68. The van der Waals surface area contributed by atoms with Crippen molar-refractivity contribution in [2.24, 2.45) is 0 Å². The summed E-state index contributed by atoms with van der Waals surface area (Å²) in [6.07, 6.45) is -1.91. The summed E-state index contributed by atoms with van der Waals surface area (Å²) >= 11 is 0. The van der Waals surface area contributed by atoms with E-state index in [0.29, 0.717) is 17.1 Å². The maximum Gasteiger partial charge on any atom is 0.252 e. The van der Waals surface area contributed by atoms with Gasteiger partial charge in [-0.05, 0) is 49.7 Å². The van der Waals surface area contributed by atoms with E-state index in [1.807, 2.05) is 19.9 Å². The molecule has 6 atom stereocenters. The summed E-state index contributed by atoms with van der Waals surface area (Å²) in [5.74, 6) is -0.543. The molecule has 1 saturated heterocycles. The second kappa shape index (κ2) is 7.42. The van der Waals surface area contributed by atoms with Crippen LogP contribution in [0.1, 0.15) is 56.5 Å². The van der Waals surface area contributed by atoms with Gasteiger partial charge >= 0.3 is 0 Å². The van der Waals surface area contributed by atoms with Gasteiger partial charge in [0.05, 0.1) is 12.1 Å². The van der Waals surface area contributed by atoms with Gasteiger partial charge in [-0.15, -0.1) is 0 Å². The Kier molecular flexibility index (Phi) is 4.91. The second-order valence-corrected chi connectivity index (χ2v) is 16.1. The summed E-state index contributed by atoms with van der Waals surface area (Å²) in [4.78, 5) is 13.3. The minimum absolute atomic E-state index is 0.0273. The lowest BCUT2D eigenvalue weighted by Gasteiger charge is -2.52. The first-order valence-corrected chi connectivity index (χ1v) is 14.5. The molecule has 1 amide bonds. The Bertz CT molecular complexity index is 1010. The molecule has 1 aromatic rings. The highest BCUT2D eigenvalue weighted by atomic mass is 28.4. The fraction of sp³-hybridized carbons (Fsp3) is 0.708. The Hall–Kier alpha value is -1.65. The van der Waals surface area contributed by atoms with Crippen molar-refractivity contribution in [2.45, 2.75) is 94.9 Å². The SMILES string of the molecule is [3H]N1C(=O)c2cc3c(cc2[C@H]2[C@@H](OC)[C@H](O[Si](C)(C)C(C)(C)C)[C@H]4OC(C)(C)O[C@H]4[C@@H]21)OCO3. The van der Waals surface area contributed by atoms with Crippen LogP contribution in [-0.4, -0.2) is 64.4 Å². The van der Waals surface area contributed by atoms with E-state index in [1.54, 1.807) is 13.2 Å². The average molecular weight is 480 g/mol. The summed E-state index contributed by atoms with van der Waals surface area (Å²) in [6, 6.07) is 2.93. The van der Waals surface area contributed by atoms with E-state index in [-0.39, 0.29) is 17.7 Å². The van der Waals surface area contributed by atoms with E-state index in [4.69, 9.17) is 29.5 Å². The Morgan fingerprint density at radius 3 is 2.39 bits per heavy atom. The number of methoxy groups -OCH3 is 1. The number of ether oxygens (including phenoxy) is 5. The molecule has 0 radical (unpaired) electrons. The van der Waals surface area contributed by atoms with E-state index < -0.39 is 50.5 Å². The maximum absolute atomic E-state index is 13.3. The Morgan fingerprint density at radius 2 is 1.76 bits per heavy atom. The zero-order chi connectivity index (χ0) is 24.8. The lowest BCUT2D eigenvalue weighted by atomic mass is 9.70. The average Bonchev–Trinajstić information content (AvgIpc) is 3.32. The molecule has 1 N–H and O–H groups in total. The number of rotatable bonds is 3. The molecule has 3 aliphatic heterocycles. The van der Waals surface area contributed by atoms with Gasteiger partial charge in [-0.1, -0.05) is 20.8 Å². The third-order valence-corrected chi connectivity index (χ3v) is 12.3. The number of hydrogen-bond donors (Lipinski definition) is 1. The van der Waals surface area contributed by atoms with Crippen LogP contribution in [0, 0.1) is 0 Å². The third kappa shape index (κ3) is 3.60. The zero-order valence-electron chi connectivity index (χ0n) is 21.6. The molecule has 33 heavy (non-hydrogen) atoms. The van der Waals surface area contributed by atoms with Crippen LogP contribution in [0.5, 0.6) is 11.5 Å². The van der Waals surface area contributed by atoms with Crippen molar-refractivity contribution < 1.29 is 34.3 Å². The quantitative estimate of drug-likeness (QED) is 0.664. The summed E-state index contributed by atoms with van der Waals surface area (Å²) in [7, 11) is -0.585. The molecule has 4 aliphatic rings. The predicted molar refractivity (Wildman–Crippen MR) is 123 cm³/mol. The summed E-state index contributed by atoms with van der Waals surface area (Å²) in [6.45, 7) is 14.8. The van der Waals surface area contributed by atoms with Crippen LogP contribution in [-0.2, 0) is 18.6 Å². The van der Waals surface area contributed by atoms with E-state index >= 15 is 0 Å². The Morgan fingerprint density at radius 1 is 1.12 bits per heavy atom. The molecule has 182 valence electrons.